The second-order valence-corrected chi connectivity index (χ2v) is 4.85. The number of rotatable bonds is 7. The average Bonchev–Trinajstić information content (AvgIpc) is 2.42. The highest BCUT2D eigenvalue weighted by molar-refractivity contribution is 9.10. The molecule has 2 N–H and O–H groups in total. The van der Waals surface area contributed by atoms with E-state index in [4.69, 9.17) is 9.84 Å². The molecule has 0 fully saturated rings. The van der Waals surface area contributed by atoms with Gasteiger partial charge in [-0.25, -0.2) is 0 Å². The van der Waals surface area contributed by atoms with Gasteiger partial charge in [0.25, 0.3) is 11.6 Å². The molecule has 0 aliphatic heterocycles. The smallest absolute Gasteiger partial charge is 0.306 e. The summed E-state index contributed by atoms with van der Waals surface area (Å²) in [6.07, 6.45) is -0.934. The van der Waals surface area contributed by atoms with Gasteiger partial charge >= 0.3 is 5.97 Å². The predicted molar refractivity (Wildman–Crippen MR) is 76.2 cm³/mol. The van der Waals surface area contributed by atoms with Crippen LogP contribution in [0.15, 0.2) is 22.7 Å². The van der Waals surface area contributed by atoms with Crippen LogP contribution in [0, 0.1) is 10.1 Å². The van der Waals surface area contributed by atoms with E-state index in [9.17, 15) is 19.7 Å². The van der Waals surface area contributed by atoms with Gasteiger partial charge in [0.05, 0.1) is 23.0 Å². The maximum absolute atomic E-state index is 12.0. The van der Waals surface area contributed by atoms with E-state index in [2.05, 4.69) is 21.2 Å². The van der Waals surface area contributed by atoms with Crippen molar-refractivity contribution in [3.8, 4) is 0 Å². The first-order valence-electron chi connectivity index (χ1n) is 5.82. The second kappa shape index (κ2) is 7.70. The molecule has 1 amide bonds. The largest absolute Gasteiger partial charge is 0.481 e. The number of amides is 1. The first kappa shape index (κ1) is 17.1. The minimum atomic E-state index is -1.05. The van der Waals surface area contributed by atoms with Gasteiger partial charge in [0.2, 0.25) is 0 Å². The van der Waals surface area contributed by atoms with E-state index in [0.29, 0.717) is 0 Å². The molecule has 0 saturated carbocycles. The molecule has 21 heavy (non-hydrogen) atoms. The van der Waals surface area contributed by atoms with Crippen LogP contribution in [0.25, 0.3) is 0 Å². The monoisotopic (exact) mass is 360 g/mol. The Morgan fingerprint density at radius 1 is 1.52 bits per heavy atom. The summed E-state index contributed by atoms with van der Waals surface area (Å²) in [5.41, 5.74) is -0.133. The summed E-state index contributed by atoms with van der Waals surface area (Å²) in [6.45, 7) is -0.0171. The lowest BCUT2D eigenvalue weighted by Gasteiger charge is -2.14. The number of nitro groups is 1. The molecule has 0 aliphatic carbocycles. The highest BCUT2D eigenvalue weighted by Crippen LogP contribution is 2.28. The van der Waals surface area contributed by atoms with E-state index < -0.39 is 22.9 Å². The number of carbonyl (C=O) groups excluding carboxylic acids is 1. The third-order valence-electron chi connectivity index (χ3n) is 2.65. The number of carboxylic acid groups (broad SMARTS) is 1. The zero-order valence-electron chi connectivity index (χ0n) is 11.0. The molecule has 8 nitrogen and oxygen atoms in total. The van der Waals surface area contributed by atoms with Crippen molar-refractivity contribution in [1.29, 1.82) is 0 Å². The van der Waals surface area contributed by atoms with E-state index in [-0.39, 0.29) is 28.7 Å². The van der Waals surface area contributed by atoms with Crippen LogP contribution in [0.3, 0.4) is 0 Å². The number of benzene rings is 1. The summed E-state index contributed by atoms with van der Waals surface area (Å²) >= 11 is 3.02. The zero-order valence-corrected chi connectivity index (χ0v) is 12.6. The molecule has 0 saturated heterocycles. The molecule has 1 rings (SSSR count). The molecule has 1 aromatic rings. The van der Waals surface area contributed by atoms with Gasteiger partial charge in [0, 0.05) is 19.7 Å². The number of halogens is 1. The van der Waals surface area contributed by atoms with Crippen molar-refractivity contribution in [2.24, 2.45) is 0 Å². The topological polar surface area (TPSA) is 119 Å². The Labute approximate surface area is 128 Å². The number of hydrogen-bond donors (Lipinski definition) is 2. The molecule has 0 heterocycles. The van der Waals surface area contributed by atoms with Crippen LogP contribution in [0.5, 0.6) is 0 Å². The molecule has 9 heteroatoms. The summed E-state index contributed by atoms with van der Waals surface area (Å²) in [6, 6.07) is 4.08. The van der Waals surface area contributed by atoms with Crippen molar-refractivity contribution in [2.45, 2.75) is 12.5 Å². The van der Waals surface area contributed by atoms with Crippen molar-refractivity contribution in [2.75, 3.05) is 13.7 Å². The molecule has 1 unspecified atom stereocenters. The van der Waals surface area contributed by atoms with E-state index >= 15 is 0 Å². The van der Waals surface area contributed by atoms with Crippen LogP contribution in [0.4, 0.5) is 5.69 Å². The van der Waals surface area contributed by atoms with Crippen LogP contribution < -0.4 is 5.32 Å². The molecule has 0 radical (unpaired) electrons. The van der Waals surface area contributed by atoms with E-state index in [1.165, 1.54) is 25.3 Å². The fourth-order valence-electron chi connectivity index (χ4n) is 1.57. The Bertz CT molecular complexity index is 563. The minimum Gasteiger partial charge on any atom is -0.481 e. The van der Waals surface area contributed by atoms with Crippen molar-refractivity contribution in [1.82, 2.24) is 5.32 Å². The van der Waals surface area contributed by atoms with E-state index in [1.54, 1.807) is 0 Å². The van der Waals surface area contributed by atoms with Crippen LogP contribution in [-0.2, 0) is 9.53 Å². The highest BCUT2D eigenvalue weighted by atomic mass is 79.9. The highest BCUT2D eigenvalue weighted by Gasteiger charge is 2.20. The van der Waals surface area contributed by atoms with E-state index in [1.807, 2.05) is 0 Å². The first-order valence-corrected chi connectivity index (χ1v) is 6.61. The van der Waals surface area contributed by atoms with Crippen molar-refractivity contribution in [3.05, 3.63) is 38.3 Å². The summed E-state index contributed by atoms with van der Waals surface area (Å²) < 4.78 is 4.99. The SMILES string of the molecule is COC(CNC(=O)c1cccc([N+](=O)[O-])c1Br)CC(=O)O. The molecular formula is C12H13BrN2O6. The van der Waals surface area contributed by atoms with Crippen molar-refractivity contribution in [3.63, 3.8) is 0 Å². The Kier molecular flexibility index (Phi) is 6.25. The van der Waals surface area contributed by atoms with Gasteiger partial charge in [-0.3, -0.25) is 19.7 Å². The number of methoxy groups -OCH3 is 1. The number of aliphatic carboxylic acids is 1. The van der Waals surface area contributed by atoms with Gasteiger partial charge in [-0.1, -0.05) is 6.07 Å². The molecule has 0 bridgehead atoms. The van der Waals surface area contributed by atoms with Crippen molar-refractivity contribution >= 4 is 33.5 Å². The van der Waals surface area contributed by atoms with Crippen LogP contribution in [0.2, 0.25) is 0 Å². The van der Waals surface area contributed by atoms with Gasteiger partial charge in [0.1, 0.15) is 4.47 Å². The fourth-order valence-corrected chi connectivity index (χ4v) is 2.16. The quantitative estimate of drug-likeness (QED) is 0.562. The Morgan fingerprint density at radius 2 is 2.19 bits per heavy atom. The molecule has 0 spiro atoms. The first-order chi connectivity index (χ1) is 9.86. The van der Waals surface area contributed by atoms with Crippen LogP contribution in [-0.4, -0.2) is 41.7 Å². The standard InChI is InChI=1S/C12H13BrN2O6/c1-21-7(5-10(16)17)6-14-12(18)8-3-2-4-9(11(8)13)15(19)20/h2-4,7H,5-6H2,1H3,(H,14,18)(H,16,17). The Balaban J connectivity index is 2.78. The molecule has 1 atom stereocenters. The molecule has 0 aromatic heterocycles. The number of nitrogens with one attached hydrogen (secondary N) is 1. The lowest BCUT2D eigenvalue weighted by atomic mass is 10.2. The average molecular weight is 361 g/mol. The summed E-state index contributed by atoms with van der Waals surface area (Å²) in [5, 5.41) is 21.9. The van der Waals surface area contributed by atoms with Gasteiger partial charge in [-0.05, 0) is 22.0 Å². The van der Waals surface area contributed by atoms with Gasteiger partial charge in [-0.15, -0.1) is 0 Å². The van der Waals surface area contributed by atoms with Crippen LogP contribution >= 0.6 is 15.9 Å². The Hall–Kier alpha value is -2.00. The zero-order chi connectivity index (χ0) is 16.0. The van der Waals surface area contributed by atoms with Gasteiger partial charge < -0.3 is 15.2 Å². The summed E-state index contributed by atoms with van der Waals surface area (Å²) in [7, 11) is 1.34. The van der Waals surface area contributed by atoms with E-state index in [0.717, 1.165) is 0 Å². The molecule has 0 aliphatic rings. The fraction of sp³-hybridized carbons (Fsp3) is 0.333. The predicted octanol–water partition coefficient (Wildman–Crippen LogP) is 1.58. The number of nitro benzene ring substituents is 1. The lowest BCUT2D eigenvalue weighted by molar-refractivity contribution is -0.385. The Morgan fingerprint density at radius 3 is 2.71 bits per heavy atom. The number of hydrogen-bond acceptors (Lipinski definition) is 5. The van der Waals surface area contributed by atoms with Gasteiger partial charge in [0.15, 0.2) is 0 Å². The molecular weight excluding hydrogens is 348 g/mol. The van der Waals surface area contributed by atoms with Gasteiger partial charge in [-0.2, -0.15) is 0 Å². The second-order valence-electron chi connectivity index (χ2n) is 4.06. The molecule has 1 aromatic carbocycles. The summed E-state index contributed by atoms with van der Waals surface area (Å²) in [5.74, 6) is -1.61. The van der Waals surface area contributed by atoms with Crippen molar-refractivity contribution < 1.29 is 24.4 Å². The number of carbonyl (C=O) groups is 2. The van der Waals surface area contributed by atoms with Crippen LogP contribution in [0.1, 0.15) is 16.8 Å². The minimum absolute atomic E-state index is 0.0171. The lowest BCUT2D eigenvalue weighted by Crippen LogP contribution is -2.34. The third kappa shape index (κ3) is 4.80. The summed E-state index contributed by atoms with van der Waals surface area (Å²) in [4.78, 5) is 32.7. The maximum atomic E-state index is 12.0. The third-order valence-corrected chi connectivity index (χ3v) is 3.48. The number of ether oxygens (including phenoxy) is 1. The maximum Gasteiger partial charge on any atom is 0.306 e. The molecule has 114 valence electrons. The number of nitrogens with zero attached hydrogens (tertiary/aromatic N) is 1. The normalized spacial score (nSPS) is 11.7. The number of carboxylic acids is 1.